The van der Waals surface area contributed by atoms with Crippen molar-refractivity contribution in [2.24, 2.45) is 0 Å². The number of rotatable bonds is 8. The summed E-state index contributed by atoms with van der Waals surface area (Å²) in [6.07, 6.45) is 1.74. The Balaban J connectivity index is 1.64. The van der Waals surface area contributed by atoms with Gasteiger partial charge in [-0.1, -0.05) is 59.4 Å². The monoisotopic (exact) mass is 517 g/mol. The molecule has 1 fully saturated rings. The SMILES string of the molecule is Cc1ccc(Sc2nn(C3CC(O[Si](C(C)C)(C(C)C)C(C)C)CO3)c3ncnc(N)c23)c(F)c1. The van der Waals surface area contributed by atoms with E-state index in [1.54, 1.807) is 10.7 Å². The van der Waals surface area contributed by atoms with E-state index in [2.05, 4.69) is 51.5 Å². The number of ether oxygens (including phenoxy) is 1. The molecule has 0 saturated carbocycles. The van der Waals surface area contributed by atoms with Gasteiger partial charge in [0, 0.05) is 11.3 Å². The molecule has 0 aliphatic carbocycles. The number of benzene rings is 1. The van der Waals surface area contributed by atoms with Gasteiger partial charge in [-0.25, -0.2) is 19.0 Å². The second-order valence-corrected chi connectivity index (χ2v) is 16.8. The number of nitrogens with two attached hydrogens (primary N) is 1. The molecule has 0 radical (unpaired) electrons. The van der Waals surface area contributed by atoms with Crippen molar-refractivity contribution in [2.45, 2.75) is 93.8 Å². The van der Waals surface area contributed by atoms with E-state index >= 15 is 0 Å². The van der Waals surface area contributed by atoms with Crippen molar-refractivity contribution in [3.8, 4) is 0 Å². The number of nitrogen functional groups attached to an aromatic ring is 1. The van der Waals surface area contributed by atoms with Gasteiger partial charge in [-0.3, -0.25) is 0 Å². The number of hydrogen-bond donors (Lipinski definition) is 1. The van der Waals surface area contributed by atoms with E-state index in [9.17, 15) is 4.39 Å². The van der Waals surface area contributed by atoms with Crippen molar-refractivity contribution in [3.05, 3.63) is 35.9 Å². The molecule has 190 valence electrons. The average Bonchev–Trinajstić information content (AvgIpc) is 3.38. The van der Waals surface area contributed by atoms with E-state index < -0.39 is 8.32 Å². The summed E-state index contributed by atoms with van der Waals surface area (Å²) < 4.78 is 29.5. The Labute approximate surface area is 212 Å². The van der Waals surface area contributed by atoms with E-state index in [1.165, 1.54) is 24.2 Å². The van der Waals surface area contributed by atoms with Crippen LogP contribution in [0.4, 0.5) is 10.2 Å². The molecule has 0 spiro atoms. The van der Waals surface area contributed by atoms with E-state index in [1.807, 2.05) is 13.0 Å². The molecule has 1 aromatic carbocycles. The molecule has 3 heterocycles. The first-order valence-corrected chi connectivity index (χ1v) is 15.2. The van der Waals surface area contributed by atoms with E-state index in [4.69, 9.17) is 20.0 Å². The molecule has 10 heteroatoms. The molecule has 1 saturated heterocycles. The van der Waals surface area contributed by atoms with Crippen LogP contribution >= 0.6 is 11.8 Å². The number of halogens is 1. The summed E-state index contributed by atoms with van der Waals surface area (Å²) in [5, 5.41) is 5.96. The minimum atomic E-state index is -2.04. The molecule has 1 aliphatic rings. The average molecular weight is 518 g/mol. The zero-order valence-corrected chi connectivity index (χ0v) is 23.4. The van der Waals surface area contributed by atoms with Crippen molar-refractivity contribution in [3.63, 3.8) is 0 Å². The van der Waals surface area contributed by atoms with Gasteiger partial charge in [-0.05, 0) is 41.2 Å². The predicted octanol–water partition coefficient (Wildman–Crippen LogP) is 6.49. The molecule has 0 amide bonds. The molecule has 4 rings (SSSR count). The molecule has 7 nitrogen and oxygen atoms in total. The van der Waals surface area contributed by atoms with Crippen LogP contribution in [0.3, 0.4) is 0 Å². The topological polar surface area (TPSA) is 88.1 Å². The first-order chi connectivity index (χ1) is 16.5. The quantitative estimate of drug-likeness (QED) is 0.342. The Kier molecular flexibility index (Phi) is 7.56. The number of aryl methyl sites for hydroxylation is 1. The third-order valence-electron chi connectivity index (χ3n) is 7.07. The zero-order chi connectivity index (χ0) is 25.5. The summed E-state index contributed by atoms with van der Waals surface area (Å²) >= 11 is 1.22. The highest BCUT2D eigenvalue weighted by molar-refractivity contribution is 7.99. The lowest BCUT2D eigenvalue weighted by atomic mass is 10.2. The van der Waals surface area contributed by atoms with E-state index in [0.29, 0.717) is 56.4 Å². The van der Waals surface area contributed by atoms with Crippen molar-refractivity contribution >= 4 is 36.9 Å². The highest BCUT2D eigenvalue weighted by atomic mass is 32.2. The standard InChI is InChI=1S/C25H36FN5O2SSi/c1-14(2)35(15(3)4,16(5)6)33-18-11-21(32-12-18)31-24-22(23(27)28-13-29-24)25(30-31)34-20-9-8-17(7)10-19(20)26/h8-10,13-16,18,21H,11-12H2,1-7H3,(H2,27,28,29). The van der Waals surface area contributed by atoms with Crippen LogP contribution in [0.1, 0.15) is 59.8 Å². The molecule has 35 heavy (non-hydrogen) atoms. The molecule has 2 unspecified atom stereocenters. The fraction of sp³-hybridized carbons (Fsp3) is 0.560. The second kappa shape index (κ2) is 10.2. The predicted molar refractivity (Wildman–Crippen MR) is 141 cm³/mol. The summed E-state index contributed by atoms with van der Waals surface area (Å²) in [4.78, 5) is 9.09. The minimum Gasteiger partial charge on any atom is -0.411 e. The number of fused-ring (bicyclic) bond motifs is 1. The normalized spacial score (nSPS) is 19.1. The van der Waals surface area contributed by atoms with Crippen LogP contribution in [0.25, 0.3) is 11.0 Å². The maximum atomic E-state index is 14.6. The molecule has 2 aromatic heterocycles. The molecule has 0 bridgehead atoms. The number of anilines is 1. The summed E-state index contributed by atoms with van der Waals surface area (Å²) in [6, 6.07) is 5.14. The van der Waals surface area contributed by atoms with Gasteiger partial charge in [-0.15, -0.1) is 0 Å². The fourth-order valence-corrected chi connectivity index (χ4v) is 12.0. The van der Waals surface area contributed by atoms with Gasteiger partial charge in [0.25, 0.3) is 0 Å². The Morgan fingerprint density at radius 3 is 2.46 bits per heavy atom. The van der Waals surface area contributed by atoms with Gasteiger partial charge in [0.05, 0.1) is 18.1 Å². The fourth-order valence-electron chi connectivity index (χ4n) is 5.56. The lowest BCUT2D eigenvalue weighted by Crippen LogP contribution is -2.50. The van der Waals surface area contributed by atoms with Crippen LogP contribution < -0.4 is 5.73 Å². The smallest absolute Gasteiger partial charge is 0.200 e. The molecule has 2 N–H and O–H groups in total. The summed E-state index contributed by atoms with van der Waals surface area (Å²) in [5.74, 6) is 0.0176. The van der Waals surface area contributed by atoms with Gasteiger partial charge in [0.2, 0.25) is 8.32 Å². The summed E-state index contributed by atoms with van der Waals surface area (Å²) in [5.41, 5.74) is 9.14. The maximum Gasteiger partial charge on any atom is 0.200 e. The zero-order valence-electron chi connectivity index (χ0n) is 21.6. The van der Waals surface area contributed by atoms with Crippen molar-refractivity contribution in [1.29, 1.82) is 0 Å². The van der Waals surface area contributed by atoms with Crippen molar-refractivity contribution in [2.75, 3.05) is 12.3 Å². The Hall–Kier alpha value is -2.01. The number of hydrogen-bond acceptors (Lipinski definition) is 7. The van der Waals surface area contributed by atoms with Crippen LogP contribution in [0.15, 0.2) is 34.4 Å². The second-order valence-electron chi connectivity index (χ2n) is 10.3. The molecule has 3 aromatic rings. The van der Waals surface area contributed by atoms with Gasteiger partial charge >= 0.3 is 0 Å². The molecule has 2 atom stereocenters. The molecular formula is C25H36FN5O2SSi. The first-order valence-electron chi connectivity index (χ1n) is 12.3. The van der Waals surface area contributed by atoms with Crippen LogP contribution in [0, 0.1) is 12.7 Å². The number of nitrogens with zero attached hydrogens (tertiary/aromatic N) is 4. The van der Waals surface area contributed by atoms with Crippen LogP contribution in [-0.4, -0.2) is 40.8 Å². The Bertz CT molecular complexity index is 1180. The maximum absolute atomic E-state index is 14.6. The number of aromatic nitrogens is 4. The van der Waals surface area contributed by atoms with Crippen LogP contribution in [0.5, 0.6) is 0 Å². The third-order valence-corrected chi connectivity index (χ3v) is 14.3. The molecular weight excluding hydrogens is 481 g/mol. The molecule has 1 aliphatic heterocycles. The van der Waals surface area contributed by atoms with Crippen LogP contribution in [-0.2, 0) is 9.16 Å². The van der Waals surface area contributed by atoms with Gasteiger partial charge < -0.3 is 14.9 Å². The van der Waals surface area contributed by atoms with E-state index in [-0.39, 0.29) is 18.1 Å². The highest BCUT2D eigenvalue weighted by Crippen LogP contribution is 2.45. The van der Waals surface area contributed by atoms with Gasteiger partial charge in [-0.2, -0.15) is 5.10 Å². The Morgan fingerprint density at radius 2 is 1.83 bits per heavy atom. The lowest BCUT2D eigenvalue weighted by Gasteiger charge is -2.43. The first kappa shape index (κ1) is 26.1. The van der Waals surface area contributed by atoms with Crippen LogP contribution in [0.2, 0.25) is 16.6 Å². The van der Waals surface area contributed by atoms with Crippen molar-refractivity contribution < 1.29 is 13.6 Å². The van der Waals surface area contributed by atoms with E-state index in [0.717, 1.165) is 5.56 Å². The largest absolute Gasteiger partial charge is 0.411 e. The minimum absolute atomic E-state index is 0.0112. The summed E-state index contributed by atoms with van der Waals surface area (Å²) in [7, 11) is -2.04. The Morgan fingerprint density at radius 1 is 1.14 bits per heavy atom. The van der Waals surface area contributed by atoms with Crippen molar-refractivity contribution in [1.82, 2.24) is 19.7 Å². The lowest BCUT2D eigenvalue weighted by molar-refractivity contribution is 0.0421. The van der Waals surface area contributed by atoms with Gasteiger partial charge in [0.15, 0.2) is 11.9 Å². The highest BCUT2D eigenvalue weighted by Gasteiger charge is 2.48. The third kappa shape index (κ3) is 4.85. The van der Waals surface area contributed by atoms with Gasteiger partial charge in [0.1, 0.15) is 23.0 Å². The summed E-state index contributed by atoms with van der Waals surface area (Å²) in [6.45, 7) is 16.1.